The van der Waals surface area contributed by atoms with E-state index >= 15 is 0 Å². The van der Waals surface area contributed by atoms with E-state index in [1.54, 1.807) is 12.4 Å². The first-order valence-electron chi connectivity index (χ1n) is 6.60. The zero-order chi connectivity index (χ0) is 14.3. The number of thioether (sulfide) groups is 1. The first-order valence-corrected chi connectivity index (χ1v) is 7.59. The zero-order valence-electron chi connectivity index (χ0n) is 11.8. The summed E-state index contributed by atoms with van der Waals surface area (Å²) in [7, 11) is 0. The Morgan fingerprint density at radius 2 is 2.16 bits per heavy atom. The number of rotatable bonds is 7. The molecule has 0 saturated heterocycles. The maximum atomic E-state index is 11.8. The predicted octanol–water partition coefficient (Wildman–Crippen LogP) is 2.70. The summed E-state index contributed by atoms with van der Waals surface area (Å²) in [5.41, 5.74) is 6.39. The molecule has 5 heteroatoms. The predicted molar refractivity (Wildman–Crippen MR) is 81.1 cm³/mol. The maximum absolute atomic E-state index is 11.8. The topological polar surface area (TPSA) is 68.0 Å². The van der Waals surface area contributed by atoms with Crippen molar-refractivity contribution in [3.8, 4) is 0 Å². The van der Waals surface area contributed by atoms with Gasteiger partial charge in [0.1, 0.15) is 0 Å². The van der Waals surface area contributed by atoms with Gasteiger partial charge >= 0.3 is 0 Å². The summed E-state index contributed by atoms with van der Waals surface area (Å²) in [6.45, 7) is 6.43. The van der Waals surface area contributed by atoms with Crippen LogP contribution in [0.15, 0.2) is 23.4 Å². The van der Waals surface area contributed by atoms with Crippen molar-refractivity contribution >= 4 is 23.4 Å². The van der Waals surface area contributed by atoms with Gasteiger partial charge < -0.3 is 11.1 Å². The van der Waals surface area contributed by atoms with Gasteiger partial charge in [-0.2, -0.15) is 0 Å². The molecule has 3 N–H and O–H groups in total. The molecule has 4 nitrogen and oxygen atoms in total. The van der Waals surface area contributed by atoms with Crippen LogP contribution in [-0.2, 0) is 4.79 Å². The van der Waals surface area contributed by atoms with Gasteiger partial charge in [0.2, 0.25) is 5.91 Å². The number of amides is 1. The molecule has 0 aliphatic heterocycles. The highest BCUT2D eigenvalue weighted by Gasteiger charge is 2.09. The molecule has 1 heterocycles. The van der Waals surface area contributed by atoms with Crippen LogP contribution in [0.4, 0.5) is 5.69 Å². The lowest BCUT2D eigenvalue weighted by Gasteiger charge is -2.15. The van der Waals surface area contributed by atoms with Crippen molar-refractivity contribution in [2.45, 2.75) is 44.6 Å². The number of nitrogens with zero attached hydrogens (tertiary/aromatic N) is 1. The molecule has 1 aromatic heterocycles. The molecule has 1 aromatic rings. The zero-order valence-corrected chi connectivity index (χ0v) is 12.7. The summed E-state index contributed by atoms with van der Waals surface area (Å²) in [6.07, 6.45) is 5.44. The standard InChI is InChI=1S/C14H23N3OS/c1-10(2)4-5-11(3)17-14(18)9-19-13-6-7-16-8-12(13)15/h6-8,10-11H,4-5,9,15H2,1-3H3,(H,17,18). The lowest BCUT2D eigenvalue weighted by Crippen LogP contribution is -2.34. The molecule has 106 valence electrons. The number of nitrogens with one attached hydrogen (secondary N) is 1. The third kappa shape index (κ3) is 6.47. The van der Waals surface area contributed by atoms with Crippen molar-refractivity contribution in [2.75, 3.05) is 11.5 Å². The van der Waals surface area contributed by atoms with E-state index in [-0.39, 0.29) is 11.9 Å². The molecule has 0 aromatic carbocycles. The number of hydrogen-bond acceptors (Lipinski definition) is 4. The Labute approximate surface area is 119 Å². The van der Waals surface area contributed by atoms with Gasteiger partial charge in [0.25, 0.3) is 0 Å². The van der Waals surface area contributed by atoms with Crippen LogP contribution in [0, 0.1) is 5.92 Å². The number of carbonyl (C=O) groups is 1. The van der Waals surface area contributed by atoms with Crippen LogP contribution in [0.5, 0.6) is 0 Å². The highest BCUT2D eigenvalue weighted by Crippen LogP contribution is 2.23. The van der Waals surface area contributed by atoms with E-state index in [2.05, 4.69) is 24.1 Å². The lowest BCUT2D eigenvalue weighted by molar-refractivity contribution is -0.119. The Kier molecular flexibility index (Phi) is 6.70. The molecule has 1 atom stereocenters. The number of hydrogen-bond donors (Lipinski definition) is 2. The summed E-state index contributed by atoms with van der Waals surface area (Å²) in [5, 5.41) is 3.01. The number of nitrogen functional groups attached to an aromatic ring is 1. The second-order valence-electron chi connectivity index (χ2n) is 5.14. The minimum atomic E-state index is 0.0532. The van der Waals surface area contributed by atoms with E-state index in [0.717, 1.165) is 17.7 Å². The summed E-state index contributed by atoms with van der Waals surface area (Å²) >= 11 is 1.44. The number of nitrogens with two attached hydrogens (primary N) is 1. The van der Waals surface area contributed by atoms with Crippen LogP contribution in [0.3, 0.4) is 0 Å². The van der Waals surface area contributed by atoms with Crippen LogP contribution in [0.2, 0.25) is 0 Å². The van der Waals surface area contributed by atoms with Crippen molar-refractivity contribution in [2.24, 2.45) is 5.92 Å². The maximum Gasteiger partial charge on any atom is 0.230 e. The Balaban J connectivity index is 2.30. The SMILES string of the molecule is CC(C)CCC(C)NC(=O)CSc1ccncc1N. The van der Waals surface area contributed by atoms with Gasteiger partial charge in [-0.25, -0.2) is 0 Å². The summed E-state index contributed by atoms with van der Waals surface area (Å²) in [6, 6.07) is 2.06. The summed E-state index contributed by atoms with van der Waals surface area (Å²) < 4.78 is 0. The van der Waals surface area contributed by atoms with Crippen LogP contribution >= 0.6 is 11.8 Å². The van der Waals surface area contributed by atoms with E-state index in [1.807, 2.05) is 13.0 Å². The van der Waals surface area contributed by atoms with Crippen LogP contribution in [-0.4, -0.2) is 22.7 Å². The molecule has 1 amide bonds. The normalized spacial score (nSPS) is 12.4. The van der Waals surface area contributed by atoms with Crippen LogP contribution in [0.25, 0.3) is 0 Å². The van der Waals surface area contributed by atoms with E-state index in [9.17, 15) is 4.79 Å². The van der Waals surface area contributed by atoms with Crippen molar-refractivity contribution in [1.29, 1.82) is 0 Å². The number of carbonyl (C=O) groups excluding carboxylic acids is 1. The van der Waals surface area contributed by atoms with Gasteiger partial charge in [-0.3, -0.25) is 9.78 Å². The molecule has 0 aliphatic carbocycles. The second-order valence-corrected chi connectivity index (χ2v) is 6.16. The minimum Gasteiger partial charge on any atom is -0.397 e. The third-order valence-corrected chi connectivity index (χ3v) is 3.84. The fraction of sp³-hybridized carbons (Fsp3) is 0.571. The number of anilines is 1. The molecule has 0 aliphatic rings. The lowest BCUT2D eigenvalue weighted by atomic mass is 10.0. The minimum absolute atomic E-state index is 0.0532. The number of aromatic nitrogens is 1. The molecule has 19 heavy (non-hydrogen) atoms. The van der Waals surface area contributed by atoms with Crippen molar-refractivity contribution in [3.05, 3.63) is 18.5 Å². The molecule has 1 unspecified atom stereocenters. The molecule has 0 bridgehead atoms. The first-order chi connectivity index (χ1) is 8.99. The first kappa shape index (κ1) is 15.8. The van der Waals surface area contributed by atoms with E-state index in [1.165, 1.54) is 11.8 Å². The van der Waals surface area contributed by atoms with Gasteiger partial charge in [0.15, 0.2) is 0 Å². The summed E-state index contributed by atoms with van der Waals surface area (Å²) in [5.74, 6) is 1.11. The van der Waals surface area contributed by atoms with Crippen LogP contribution < -0.4 is 11.1 Å². The second kappa shape index (κ2) is 8.04. The van der Waals surface area contributed by atoms with Gasteiger partial charge in [0, 0.05) is 17.1 Å². The van der Waals surface area contributed by atoms with E-state index in [0.29, 0.717) is 17.4 Å². The fourth-order valence-electron chi connectivity index (χ4n) is 1.64. The van der Waals surface area contributed by atoms with Crippen molar-refractivity contribution < 1.29 is 4.79 Å². The molecule has 1 rings (SSSR count). The van der Waals surface area contributed by atoms with Gasteiger partial charge in [-0.05, 0) is 31.7 Å². The molecular formula is C14H23N3OS. The smallest absolute Gasteiger partial charge is 0.230 e. The monoisotopic (exact) mass is 281 g/mol. The summed E-state index contributed by atoms with van der Waals surface area (Å²) in [4.78, 5) is 16.6. The van der Waals surface area contributed by atoms with Crippen molar-refractivity contribution in [3.63, 3.8) is 0 Å². The number of pyridine rings is 1. The largest absolute Gasteiger partial charge is 0.397 e. The molecule has 0 radical (unpaired) electrons. The molecule has 0 fully saturated rings. The Hall–Kier alpha value is -1.23. The average molecular weight is 281 g/mol. The van der Waals surface area contributed by atoms with Gasteiger partial charge in [-0.15, -0.1) is 11.8 Å². The van der Waals surface area contributed by atoms with E-state index in [4.69, 9.17) is 5.73 Å². The highest BCUT2D eigenvalue weighted by atomic mass is 32.2. The van der Waals surface area contributed by atoms with Gasteiger partial charge in [-0.1, -0.05) is 13.8 Å². The molecule has 0 saturated carbocycles. The average Bonchev–Trinajstić information content (AvgIpc) is 2.35. The Morgan fingerprint density at radius 3 is 2.79 bits per heavy atom. The Bertz CT molecular complexity index is 409. The Morgan fingerprint density at radius 1 is 1.42 bits per heavy atom. The van der Waals surface area contributed by atoms with Crippen LogP contribution in [0.1, 0.15) is 33.6 Å². The fourth-order valence-corrected chi connectivity index (χ4v) is 2.39. The van der Waals surface area contributed by atoms with Crippen molar-refractivity contribution in [1.82, 2.24) is 10.3 Å². The van der Waals surface area contributed by atoms with Gasteiger partial charge in [0.05, 0.1) is 17.6 Å². The van der Waals surface area contributed by atoms with E-state index < -0.39 is 0 Å². The highest BCUT2D eigenvalue weighted by molar-refractivity contribution is 8.00. The molecule has 0 spiro atoms. The molecular weight excluding hydrogens is 258 g/mol. The quantitative estimate of drug-likeness (QED) is 0.754. The third-order valence-electron chi connectivity index (χ3n) is 2.75.